The van der Waals surface area contributed by atoms with E-state index in [0.717, 1.165) is 13.1 Å². The number of nitrogens with one attached hydrogen (secondary N) is 1. The standard InChI is InChI=1S/C16H25N3O/c1-12(9-17-3)16(20)19-11-14-7-5-6-8-15(14)18(4)10-13(19)2/h5-8,12-13,17H,9-11H2,1-4H3. The van der Waals surface area contributed by atoms with Crippen molar-refractivity contribution < 1.29 is 4.79 Å². The van der Waals surface area contributed by atoms with E-state index in [2.05, 4.69) is 42.4 Å². The summed E-state index contributed by atoms with van der Waals surface area (Å²) in [6.45, 7) is 6.42. The highest BCUT2D eigenvalue weighted by atomic mass is 16.2. The third-order valence-electron chi connectivity index (χ3n) is 4.03. The van der Waals surface area contributed by atoms with E-state index in [1.807, 2.05) is 24.9 Å². The fraction of sp³-hybridized carbons (Fsp3) is 0.562. The lowest BCUT2D eigenvalue weighted by Gasteiger charge is -2.30. The van der Waals surface area contributed by atoms with Crippen molar-refractivity contribution in [2.45, 2.75) is 26.4 Å². The van der Waals surface area contributed by atoms with Crippen molar-refractivity contribution in [2.75, 3.05) is 32.1 Å². The maximum atomic E-state index is 12.6. The van der Waals surface area contributed by atoms with Crippen molar-refractivity contribution in [1.82, 2.24) is 10.2 Å². The van der Waals surface area contributed by atoms with E-state index in [0.29, 0.717) is 6.54 Å². The number of fused-ring (bicyclic) bond motifs is 1. The Morgan fingerprint density at radius 3 is 2.85 bits per heavy atom. The summed E-state index contributed by atoms with van der Waals surface area (Å²) in [6, 6.07) is 8.57. The molecule has 1 amide bonds. The molecule has 0 saturated heterocycles. The summed E-state index contributed by atoms with van der Waals surface area (Å²) in [4.78, 5) is 16.9. The van der Waals surface area contributed by atoms with Gasteiger partial charge >= 0.3 is 0 Å². The number of nitrogens with zero attached hydrogens (tertiary/aromatic N) is 2. The van der Waals surface area contributed by atoms with E-state index in [-0.39, 0.29) is 17.9 Å². The van der Waals surface area contributed by atoms with Gasteiger partial charge in [-0.15, -0.1) is 0 Å². The van der Waals surface area contributed by atoms with Gasteiger partial charge in [0.15, 0.2) is 0 Å². The summed E-state index contributed by atoms with van der Waals surface area (Å²) < 4.78 is 0. The van der Waals surface area contributed by atoms with E-state index in [1.165, 1.54) is 11.3 Å². The lowest BCUT2D eigenvalue weighted by Crippen LogP contribution is -2.45. The summed E-state index contributed by atoms with van der Waals surface area (Å²) in [5.41, 5.74) is 2.46. The van der Waals surface area contributed by atoms with Gasteiger partial charge in [-0.05, 0) is 25.6 Å². The predicted octanol–water partition coefficient (Wildman–Crippen LogP) is 1.71. The number of rotatable bonds is 3. The van der Waals surface area contributed by atoms with E-state index in [4.69, 9.17) is 0 Å². The van der Waals surface area contributed by atoms with Crippen LogP contribution in [0, 0.1) is 5.92 Å². The number of hydrogen-bond acceptors (Lipinski definition) is 3. The first-order chi connectivity index (χ1) is 9.54. The lowest BCUT2D eigenvalue weighted by atomic mass is 10.1. The first-order valence-electron chi connectivity index (χ1n) is 7.28. The van der Waals surface area contributed by atoms with Crippen molar-refractivity contribution >= 4 is 11.6 Å². The fourth-order valence-corrected chi connectivity index (χ4v) is 2.92. The Kier molecular flexibility index (Phi) is 4.65. The highest BCUT2D eigenvalue weighted by molar-refractivity contribution is 5.79. The maximum absolute atomic E-state index is 12.6. The van der Waals surface area contributed by atoms with Gasteiger partial charge in [-0.2, -0.15) is 0 Å². The Labute approximate surface area is 121 Å². The number of para-hydroxylation sites is 1. The first kappa shape index (κ1) is 14.9. The molecule has 2 rings (SSSR count). The zero-order valence-corrected chi connectivity index (χ0v) is 12.9. The minimum Gasteiger partial charge on any atom is -0.372 e. The molecule has 0 spiro atoms. The number of amides is 1. The van der Waals surface area contributed by atoms with Crippen LogP contribution in [0.3, 0.4) is 0 Å². The zero-order valence-electron chi connectivity index (χ0n) is 12.9. The molecule has 0 aromatic heterocycles. The second-order valence-corrected chi connectivity index (χ2v) is 5.78. The van der Waals surface area contributed by atoms with Gasteiger partial charge in [-0.25, -0.2) is 0 Å². The highest BCUT2D eigenvalue weighted by Gasteiger charge is 2.29. The quantitative estimate of drug-likeness (QED) is 0.912. The summed E-state index contributed by atoms with van der Waals surface area (Å²) in [6.07, 6.45) is 0. The lowest BCUT2D eigenvalue weighted by molar-refractivity contribution is -0.137. The molecular weight excluding hydrogens is 250 g/mol. The van der Waals surface area contributed by atoms with Gasteiger partial charge in [0.25, 0.3) is 0 Å². The average Bonchev–Trinajstić information content (AvgIpc) is 2.56. The highest BCUT2D eigenvalue weighted by Crippen LogP contribution is 2.26. The largest absolute Gasteiger partial charge is 0.372 e. The van der Waals surface area contributed by atoms with Crippen LogP contribution in [0.1, 0.15) is 19.4 Å². The number of anilines is 1. The predicted molar refractivity (Wildman–Crippen MR) is 82.8 cm³/mol. The number of hydrogen-bond donors (Lipinski definition) is 1. The number of likely N-dealkylation sites (N-methyl/N-ethyl adjacent to an activating group) is 1. The van der Waals surface area contributed by atoms with Crippen molar-refractivity contribution in [1.29, 1.82) is 0 Å². The molecule has 2 atom stereocenters. The average molecular weight is 275 g/mol. The van der Waals surface area contributed by atoms with Crippen LogP contribution in [0.15, 0.2) is 24.3 Å². The first-order valence-corrected chi connectivity index (χ1v) is 7.28. The van der Waals surface area contributed by atoms with Gasteiger partial charge in [0.05, 0.1) is 0 Å². The van der Waals surface area contributed by atoms with Gasteiger partial charge in [0.1, 0.15) is 0 Å². The Hall–Kier alpha value is -1.55. The van der Waals surface area contributed by atoms with Crippen LogP contribution < -0.4 is 10.2 Å². The van der Waals surface area contributed by atoms with E-state index < -0.39 is 0 Å². The third kappa shape index (κ3) is 2.96. The molecule has 1 N–H and O–H groups in total. The van der Waals surface area contributed by atoms with Crippen LogP contribution >= 0.6 is 0 Å². The molecule has 0 bridgehead atoms. The molecule has 0 saturated carbocycles. The smallest absolute Gasteiger partial charge is 0.227 e. The Bertz CT molecular complexity index is 475. The summed E-state index contributed by atoms with van der Waals surface area (Å²) in [7, 11) is 3.99. The van der Waals surface area contributed by atoms with Crippen molar-refractivity contribution in [3.8, 4) is 0 Å². The molecule has 4 heteroatoms. The Balaban J connectivity index is 2.25. The Morgan fingerprint density at radius 2 is 2.15 bits per heavy atom. The molecule has 0 radical (unpaired) electrons. The number of benzene rings is 1. The number of carbonyl (C=O) groups excluding carboxylic acids is 1. The summed E-state index contributed by atoms with van der Waals surface area (Å²) in [5, 5.41) is 3.09. The maximum Gasteiger partial charge on any atom is 0.227 e. The molecule has 20 heavy (non-hydrogen) atoms. The second kappa shape index (κ2) is 6.27. The molecule has 1 aromatic carbocycles. The van der Waals surface area contributed by atoms with E-state index in [1.54, 1.807) is 0 Å². The van der Waals surface area contributed by atoms with Crippen molar-refractivity contribution in [3.63, 3.8) is 0 Å². The van der Waals surface area contributed by atoms with Crippen LogP contribution in [-0.2, 0) is 11.3 Å². The molecule has 4 nitrogen and oxygen atoms in total. The van der Waals surface area contributed by atoms with Crippen LogP contribution in [0.4, 0.5) is 5.69 Å². The molecule has 1 aliphatic rings. The Morgan fingerprint density at radius 1 is 1.45 bits per heavy atom. The number of carbonyl (C=O) groups is 1. The normalized spacial score (nSPS) is 20.3. The van der Waals surface area contributed by atoms with Crippen LogP contribution in [0.25, 0.3) is 0 Å². The van der Waals surface area contributed by atoms with Crippen LogP contribution in [0.5, 0.6) is 0 Å². The van der Waals surface area contributed by atoms with E-state index in [9.17, 15) is 4.79 Å². The molecule has 0 aliphatic carbocycles. The summed E-state index contributed by atoms with van der Waals surface area (Å²) in [5.74, 6) is 0.245. The van der Waals surface area contributed by atoms with Gasteiger partial charge < -0.3 is 15.1 Å². The van der Waals surface area contributed by atoms with Gasteiger partial charge in [-0.1, -0.05) is 25.1 Å². The van der Waals surface area contributed by atoms with Gasteiger partial charge in [0.2, 0.25) is 5.91 Å². The monoisotopic (exact) mass is 275 g/mol. The van der Waals surface area contributed by atoms with E-state index >= 15 is 0 Å². The molecule has 0 fully saturated rings. The fourth-order valence-electron chi connectivity index (χ4n) is 2.92. The molecule has 110 valence electrons. The minimum absolute atomic E-state index is 0.0121. The molecule has 1 aromatic rings. The van der Waals surface area contributed by atoms with Crippen LogP contribution in [-0.4, -0.2) is 44.0 Å². The zero-order chi connectivity index (χ0) is 14.7. The van der Waals surface area contributed by atoms with Crippen molar-refractivity contribution in [2.24, 2.45) is 5.92 Å². The molecular formula is C16H25N3O. The molecule has 1 heterocycles. The molecule has 1 aliphatic heterocycles. The minimum atomic E-state index is 0.0121. The SMILES string of the molecule is CNCC(C)C(=O)N1Cc2ccccc2N(C)CC1C. The van der Waals surface area contributed by atoms with Gasteiger partial charge in [0, 0.05) is 44.3 Å². The van der Waals surface area contributed by atoms with Crippen molar-refractivity contribution in [3.05, 3.63) is 29.8 Å². The molecule has 2 unspecified atom stereocenters. The van der Waals surface area contributed by atoms with Gasteiger partial charge in [-0.3, -0.25) is 4.79 Å². The second-order valence-electron chi connectivity index (χ2n) is 5.78. The summed E-state index contributed by atoms with van der Waals surface area (Å²) >= 11 is 0. The third-order valence-corrected chi connectivity index (χ3v) is 4.03. The van der Waals surface area contributed by atoms with Crippen LogP contribution in [0.2, 0.25) is 0 Å². The topological polar surface area (TPSA) is 35.6 Å².